The second-order valence-electron chi connectivity index (χ2n) is 6.23. The summed E-state index contributed by atoms with van der Waals surface area (Å²) >= 11 is 0. The average molecular weight is 272 g/mol. The maximum absolute atomic E-state index is 12.4. The Balaban J connectivity index is 2.13. The van der Waals surface area contributed by atoms with Gasteiger partial charge in [-0.3, -0.25) is 9.59 Å². The Morgan fingerprint density at radius 2 is 1.85 bits per heavy atom. The molecule has 20 heavy (non-hydrogen) atoms. The van der Waals surface area contributed by atoms with Crippen LogP contribution >= 0.6 is 0 Å². The standard InChI is InChI=1S/C16H20N2O2/c1-11-14(16(2,3)4)15(20)18(17-11)10-13(19)12-8-6-5-7-9-12/h5-9,14H,10H2,1-4H3. The van der Waals surface area contributed by atoms with Crippen LogP contribution in [-0.2, 0) is 4.79 Å². The molecule has 0 aliphatic carbocycles. The number of rotatable bonds is 3. The van der Waals surface area contributed by atoms with E-state index in [9.17, 15) is 9.59 Å². The zero-order valence-electron chi connectivity index (χ0n) is 12.4. The number of Topliss-reactive ketones (excluding diaryl/α,β-unsaturated/α-hetero) is 1. The van der Waals surface area contributed by atoms with Gasteiger partial charge in [0.05, 0.1) is 5.92 Å². The molecule has 1 unspecified atom stereocenters. The molecule has 0 aromatic heterocycles. The predicted octanol–water partition coefficient (Wildman–Crippen LogP) is 2.75. The van der Waals surface area contributed by atoms with Crippen molar-refractivity contribution in [3.63, 3.8) is 0 Å². The lowest BCUT2D eigenvalue weighted by atomic mass is 9.78. The number of carbonyl (C=O) groups excluding carboxylic acids is 2. The molecule has 1 amide bonds. The van der Waals surface area contributed by atoms with Crippen molar-refractivity contribution < 1.29 is 9.59 Å². The first-order chi connectivity index (χ1) is 9.30. The van der Waals surface area contributed by atoms with Crippen LogP contribution in [0.4, 0.5) is 0 Å². The van der Waals surface area contributed by atoms with Gasteiger partial charge in [-0.2, -0.15) is 5.10 Å². The van der Waals surface area contributed by atoms with Gasteiger partial charge in [0.15, 0.2) is 5.78 Å². The first-order valence-corrected chi connectivity index (χ1v) is 6.75. The average Bonchev–Trinajstić information content (AvgIpc) is 2.64. The van der Waals surface area contributed by atoms with Crippen LogP contribution in [-0.4, -0.2) is 29.0 Å². The predicted molar refractivity (Wildman–Crippen MR) is 78.5 cm³/mol. The molecule has 4 heteroatoms. The Morgan fingerprint density at radius 1 is 1.25 bits per heavy atom. The molecular weight excluding hydrogens is 252 g/mol. The summed E-state index contributed by atoms with van der Waals surface area (Å²) < 4.78 is 0. The highest BCUT2D eigenvalue weighted by molar-refractivity contribution is 6.09. The Bertz CT molecular complexity index is 556. The van der Waals surface area contributed by atoms with Crippen molar-refractivity contribution in [2.75, 3.05) is 6.54 Å². The number of ketones is 1. The van der Waals surface area contributed by atoms with Crippen LogP contribution < -0.4 is 0 Å². The van der Waals surface area contributed by atoms with Gasteiger partial charge in [-0.1, -0.05) is 51.1 Å². The minimum absolute atomic E-state index is 0.00671. The van der Waals surface area contributed by atoms with Gasteiger partial charge in [0.1, 0.15) is 6.54 Å². The van der Waals surface area contributed by atoms with Gasteiger partial charge in [-0.15, -0.1) is 0 Å². The maximum Gasteiger partial charge on any atom is 0.252 e. The van der Waals surface area contributed by atoms with Crippen LogP contribution in [0.1, 0.15) is 38.1 Å². The van der Waals surface area contributed by atoms with E-state index in [0.29, 0.717) is 5.56 Å². The molecule has 1 atom stereocenters. The molecule has 0 saturated heterocycles. The summed E-state index contributed by atoms with van der Waals surface area (Å²) in [5, 5.41) is 5.57. The zero-order valence-corrected chi connectivity index (χ0v) is 12.4. The van der Waals surface area contributed by atoms with Crippen LogP contribution in [0.15, 0.2) is 35.4 Å². The third kappa shape index (κ3) is 2.79. The molecule has 0 radical (unpaired) electrons. The normalized spacial score (nSPS) is 19.2. The smallest absolute Gasteiger partial charge is 0.252 e. The van der Waals surface area contributed by atoms with E-state index in [4.69, 9.17) is 0 Å². The summed E-state index contributed by atoms with van der Waals surface area (Å²) in [6.45, 7) is 7.89. The second kappa shape index (κ2) is 5.19. The van der Waals surface area contributed by atoms with Crippen LogP contribution in [0.5, 0.6) is 0 Å². The highest BCUT2D eigenvalue weighted by atomic mass is 16.2. The summed E-state index contributed by atoms with van der Waals surface area (Å²) in [6, 6.07) is 8.98. The fraction of sp³-hybridized carbons (Fsp3) is 0.438. The summed E-state index contributed by atoms with van der Waals surface area (Å²) in [4.78, 5) is 24.5. The Hall–Kier alpha value is -1.97. The van der Waals surface area contributed by atoms with Gasteiger partial charge < -0.3 is 0 Å². The monoisotopic (exact) mass is 272 g/mol. The van der Waals surface area contributed by atoms with E-state index in [2.05, 4.69) is 5.10 Å². The molecule has 0 bridgehead atoms. The molecule has 4 nitrogen and oxygen atoms in total. The number of amides is 1. The first-order valence-electron chi connectivity index (χ1n) is 6.75. The Labute approximate surface area is 119 Å². The molecule has 2 rings (SSSR count). The van der Waals surface area contributed by atoms with Gasteiger partial charge in [-0.25, -0.2) is 5.01 Å². The number of hydrogen-bond acceptors (Lipinski definition) is 3. The number of carbonyl (C=O) groups is 2. The van der Waals surface area contributed by atoms with Crippen LogP contribution in [0.3, 0.4) is 0 Å². The number of hydrazone groups is 1. The molecule has 106 valence electrons. The second-order valence-corrected chi connectivity index (χ2v) is 6.23. The summed E-state index contributed by atoms with van der Waals surface area (Å²) in [7, 11) is 0. The van der Waals surface area contributed by atoms with Gasteiger partial charge in [0, 0.05) is 11.3 Å². The number of benzene rings is 1. The highest BCUT2D eigenvalue weighted by Crippen LogP contribution is 2.32. The van der Waals surface area contributed by atoms with Crippen LogP contribution in [0.2, 0.25) is 0 Å². The summed E-state index contributed by atoms with van der Waals surface area (Å²) in [6.07, 6.45) is 0. The molecule has 1 aromatic carbocycles. The Kier molecular flexibility index (Phi) is 3.75. The zero-order chi connectivity index (χ0) is 14.9. The fourth-order valence-electron chi connectivity index (χ4n) is 2.59. The lowest BCUT2D eigenvalue weighted by Gasteiger charge is -2.25. The van der Waals surface area contributed by atoms with E-state index >= 15 is 0 Å². The SMILES string of the molecule is CC1=NN(CC(=O)c2ccccc2)C(=O)C1C(C)(C)C. The van der Waals surface area contributed by atoms with Crippen molar-refractivity contribution in [1.29, 1.82) is 0 Å². The van der Waals surface area contributed by atoms with Gasteiger partial charge in [0.25, 0.3) is 5.91 Å². The molecular formula is C16H20N2O2. The summed E-state index contributed by atoms with van der Waals surface area (Å²) in [5.41, 5.74) is 1.20. The van der Waals surface area contributed by atoms with Crippen molar-refractivity contribution >= 4 is 17.4 Å². The minimum atomic E-state index is -0.244. The maximum atomic E-state index is 12.4. The van der Waals surface area contributed by atoms with E-state index in [-0.39, 0.29) is 29.6 Å². The van der Waals surface area contributed by atoms with Crippen molar-refractivity contribution in [3.8, 4) is 0 Å². The Morgan fingerprint density at radius 3 is 2.35 bits per heavy atom. The molecule has 0 spiro atoms. The van der Waals surface area contributed by atoms with Gasteiger partial charge >= 0.3 is 0 Å². The van der Waals surface area contributed by atoms with E-state index in [1.54, 1.807) is 12.1 Å². The first kappa shape index (κ1) is 14.4. The number of nitrogens with zero attached hydrogens (tertiary/aromatic N) is 2. The topological polar surface area (TPSA) is 49.7 Å². The highest BCUT2D eigenvalue weighted by Gasteiger charge is 2.41. The molecule has 1 aromatic rings. The lowest BCUT2D eigenvalue weighted by Crippen LogP contribution is -2.37. The third-order valence-corrected chi connectivity index (χ3v) is 3.45. The lowest BCUT2D eigenvalue weighted by molar-refractivity contribution is -0.133. The fourth-order valence-corrected chi connectivity index (χ4v) is 2.59. The summed E-state index contributed by atoms with van der Waals surface area (Å²) in [5.74, 6) is -0.421. The molecule has 0 N–H and O–H groups in total. The van der Waals surface area contributed by atoms with E-state index < -0.39 is 0 Å². The van der Waals surface area contributed by atoms with Gasteiger partial charge in [-0.05, 0) is 12.3 Å². The van der Waals surface area contributed by atoms with Crippen molar-refractivity contribution in [2.24, 2.45) is 16.4 Å². The molecule has 1 aliphatic rings. The van der Waals surface area contributed by atoms with Crippen molar-refractivity contribution in [3.05, 3.63) is 35.9 Å². The van der Waals surface area contributed by atoms with Crippen molar-refractivity contribution in [1.82, 2.24) is 5.01 Å². The van der Waals surface area contributed by atoms with Gasteiger partial charge in [0.2, 0.25) is 0 Å². The minimum Gasteiger partial charge on any atom is -0.292 e. The van der Waals surface area contributed by atoms with E-state index in [0.717, 1.165) is 5.71 Å². The largest absolute Gasteiger partial charge is 0.292 e. The van der Waals surface area contributed by atoms with E-state index in [1.807, 2.05) is 45.9 Å². The third-order valence-electron chi connectivity index (χ3n) is 3.45. The quantitative estimate of drug-likeness (QED) is 0.794. The van der Waals surface area contributed by atoms with Crippen LogP contribution in [0.25, 0.3) is 0 Å². The number of hydrogen-bond donors (Lipinski definition) is 0. The van der Waals surface area contributed by atoms with Crippen molar-refractivity contribution in [2.45, 2.75) is 27.7 Å². The molecule has 1 heterocycles. The molecule has 0 saturated carbocycles. The molecule has 1 aliphatic heterocycles. The van der Waals surface area contributed by atoms with Crippen LogP contribution in [0, 0.1) is 11.3 Å². The molecule has 0 fully saturated rings. The van der Waals surface area contributed by atoms with E-state index in [1.165, 1.54) is 5.01 Å².